The van der Waals surface area contributed by atoms with Gasteiger partial charge in [-0.2, -0.15) is 0 Å². The van der Waals surface area contributed by atoms with Crippen LogP contribution in [0.2, 0.25) is 0 Å². The second-order valence-corrected chi connectivity index (χ2v) is 6.04. The van der Waals surface area contributed by atoms with Crippen LogP contribution in [-0.2, 0) is 0 Å². The first kappa shape index (κ1) is 13.4. The Balaban J connectivity index is 1.98. The molecule has 3 rings (SSSR count). The van der Waals surface area contributed by atoms with Gasteiger partial charge < -0.3 is 10.3 Å². The number of para-hydroxylation sites is 1. The first-order valence-electron chi connectivity index (χ1n) is 5.97. The van der Waals surface area contributed by atoms with E-state index in [1.165, 1.54) is 0 Å². The van der Waals surface area contributed by atoms with Crippen molar-refractivity contribution >= 4 is 54.4 Å². The first-order valence-corrected chi connectivity index (χ1v) is 7.56. The van der Waals surface area contributed by atoms with Crippen LogP contribution in [0, 0.1) is 0 Å². The molecule has 0 fully saturated rings. The fourth-order valence-electron chi connectivity index (χ4n) is 2.02. The molecule has 1 heterocycles. The summed E-state index contributed by atoms with van der Waals surface area (Å²) in [5, 5.41) is 3.77. The SMILES string of the molecule is O=C(Nc1ccccc1)c1c[nH]c2cc(Br)c(Br)cc12. The first-order chi connectivity index (χ1) is 9.65. The molecule has 5 heteroatoms. The van der Waals surface area contributed by atoms with Crippen molar-refractivity contribution in [1.82, 2.24) is 4.98 Å². The molecule has 1 amide bonds. The molecule has 0 saturated carbocycles. The Hall–Kier alpha value is -1.59. The zero-order chi connectivity index (χ0) is 14.1. The van der Waals surface area contributed by atoms with Crippen LogP contribution in [0.15, 0.2) is 57.6 Å². The monoisotopic (exact) mass is 392 g/mol. The molecule has 0 bridgehead atoms. The van der Waals surface area contributed by atoms with Crippen LogP contribution in [0.4, 0.5) is 5.69 Å². The summed E-state index contributed by atoms with van der Waals surface area (Å²) in [6, 6.07) is 13.3. The minimum atomic E-state index is -0.128. The van der Waals surface area contributed by atoms with Crippen molar-refractivity contribution in [2.24, 2.45) is 0 Å². The van der Waals surface area contributed by atoms with E-state index >= 15 is 0 Å². The molecule has 2 aromatic carbocycles. The number of rotatable bonds is 2. The maximum Gasteiger partial charge on any atom is 0.257 e. The van der Waals surface area contributed by atoms with Crippen LogP contribution in [0.5, 0.6) is 0 Å². The number of anilines is 1. The lowest BCUT2D eigenvalue weighted by atomic mass is 10.1. The predicted molar refractivity (Wildman–Crippen MR) is 88.1 cm³/mol. The van der Waals surface area contributed by atoms with Crippen LogP contribution >= 0.6 is 31.9 Å². The normalized spacial score (nSPS) is 10.7. The van der Waals surface area contributed by atoms with E-state index in [9.17, 15) is 4.79 Å². The third-order valence-corrected chi connectivity index (χ3v) is 4.84. The van der Waals surface area contributed by atoms with Gasteiger partial charge in [0, 0.05) is 31.7 Å². The fraction of sp³-hybridized carbons (Fsp3) is 0. The van der Waals surface area contributed by atoms with Crippen LogP contribution in [0.1, 0.15) is 10.4 Å². The summed E-state index contributed by atoms with van der Waals surface area (Å²) in [7, 11) is 0. The van der Waals surface area contributed by atoms with Crippen LogP contribution < -0.4 is 5.32 Å². The van der Waals surface area contributed by atoms with Crippen molar-refractivity contribution in [3.63, 3.8) is 0 Å². The summed E-state index contributed by atoms with van der Waals surface area (Å²) in [5.74, 6) is -0.128. The highest BCUT2D eigenvalue weighted by Crippen LogP contribution is 2.30. The van der Waals surface area contributed by atoms with Crippen LogP contribution in [0.3, 0.4) is 0 Å². The fourth-order valence-corrected chi connectivity index (χ4v) is 2.71. The number of halogens is 2. The average molecular weight is 394 g/mol. The predicted octanol–water partition coefficient (Wildman–Crippen LogP) is 4.95. The molecule has 2 N–H and O–H groups in total. The second-order valence-electron chi connectivity index (χ2n) is 4.33. The van der Waals surface area contributed by atoms with E-state index in [1.807, 2.05) is 42.5 Å². The Morgan fingerprint density at radius 1 is 1.05 bits per heavy atom. The summed E-state index contributed by atoms with van der Waals surface area (Å²) in [6.07, 6.45) is 1.72. The number of amides is 1. The largest absolute Gasteiger partial charge is 0.360 e. The maximum atomic E-state index is 12.3. The molecular formula is C15H10Br2N2O. The number of hydrogen-bond donors (Lipinski definition) is 2. The minimum Gasteiger partial charge on any atom is -0.360 e. The molecule has 0 spiro atoms. The van der Waals surface area contributed by atoms with E-state index in [-0.39, 0.29) is 5.91 Å². The molecule has 0 aliphatic heterocycles. The summed E-state index contributed by atoms with van der Waals surface area (Å²) in [5.41, 5.74) is 2.32. The summed E-state index contributed by atoms with van der Waals surface area (Å²) < 4.78 is 1.86. The third-order valence-electron chi connectivity index (χ3n) is 3.00. The molecule has 0 unspecified atom stereocenters. The van der Waals surface area contributed by atoms with Gasteiger partial charge in [-0.25, -0.2) is 0 Å². The van der Waals surface area contributed by atoms with Gasteiger partial charge in [-0.05, 0) is 56.1 Å². The van der Waals surface area contributed by atoms with E-state index in [2.05, 4.69) is 42.2 Å². The molecule has 20 heavy (non-hydrogen) atoms. The number of carbonyl (C=O) groups is 1. The van der Waals surface area contributed by atoms with E-state index in [0.29, 0.717) is 5.56 Å². The lowest BCUT2D eigenvalue weighted by Gasteiger charge is -2.04. The third kappa shape index (κ3) is 2.51. The molecule has 0 atom stereocenters. The number of carbonyl (C=O) groups excluding carboxylic acids is 1. The Morgan fingerprint density at radius 3 is 2.50 bits per heavy atom. The van der Waals surface area contributed by atoms with Crippen molar-refractivity contribution in [3.05, 3.63) is 63.2 Å². The maximum absolute atomic E-state index is 12.3. The molecule has 3 aromatic rings. The Labute approximate surface area is 132 Å². The van der Waals surface area contributed by atoms with Crippen molar-refractivity contribution in [1.29, 1.82) is 0 Å². The zero-order valence-corrected chi connectivity index (χ0v) is 13.5. The topological polar surface area (TPSA) is 44.9 Å². The standard InChI is InChI=1S/C15H10Br2N2O/c16-12-6-10-11(8-18-14(10)7-13(12)17)15(20)19-9-4-2-1-3-5-9/h1-8,18H,(H,19,20). The quantitative estimate of drug-likeness (QED) is 0.635. The van der Waals surface area contributed by atoms with Crippen LogP contribution in [-0.4, -0.2) is 10.9 Å². The summed E-state index contributed by atoms with van der Waals surface area (Å²) in [4.78, 5) is 15.4. The van der Waals surface area contributed by atoms with Gasteiger partial charge in [-0.3, -0.25) is 4.79 Å². The number of aromatic nitrogens is 1. The van der Waals surface area contributed by atoms with Crippen molar-refractivity contribution in [2.45, 2.75) is 0 Å². The lowest BCUT2D eigenvalue weighted by molar-refractivity contribution is 0.102. The van der Waals surface area contributed by atoms with Crippen molar-refractivity contribution in [2.75, 3.05) is 5.32 Å². The molecular weight excluding hydrogens is 384 g/mol. The number of benzene rings is 2. The zero-order valence-electron chi connectivity index (χ0n) is 10.3. The van der Waals surface area contributed by atoms with Gasteiger partial charge in [0.25, 0.3) is 5.91 Å². The molecule has 0 aliphatic carbocycles. The van der Waals surface area contributed by atoms with Gasteiger partial charge in [0.1, 0.15) is 0 Å². The Morgan fingerprint density at radius 2 is 1.75 bits per heavy atom. The number of H-pyrrole nitrogens is 1. The van der Waals surface area contributed by atoms with Gasteiger partial charge >= 0.3 is 0 Å². The molecule has 3 nitrogen and oxygen atoms in total. The number of nitrogens with one attached hydrogen (secondary N) is 2. The lowest BCUT2D eigenvalue weighted by Crippen LogP contribution is -2.11. The average Bonchev–Trinajstić information content (AvgIpc) is 2.83. The number of hydrogen-bond acceptors (Lipinski definition) is 1. The van der Waals surface area contributed by atoms with Gasteiger partial charge in [0.15, 0.2) is 0 Å². The minimum absolute atomic E-state index is 0.128. The molecule has 1 aromatic heterocycles. The van der Waals surface area contributed by atoms with Crippen molar-refractivity contribution < 1.29 is 4.79 Å². The van der Waals surface area contributed by atoms with Gasteiger partial charge in [0.2, 0.25) is 0 Å². The summed E-state index contributed by atoms with van der Waals surface area (Å²) in [6.45, 7) is 0. The van der Waals surface area contributed by atoms with Crippen LogP contribution in [0.25, 0.3) is 10.9 Å². The molecule has 0 saturated heterocycles. The van der Waals surface area contributed by atoms with E-state index in [1.54, 1.807) is 6.20 Å². The van der Waals surface area contributed by atoms with E-state index < -0.39 is 0 Å². The Bertz CT molecular complexity index is 781. The van der Waals surface area contributed by atoms with Gasteiger partial charge in [0.05, 0.1) is 5.56 Å². The van der Waals surface area contributed by atoms with Gasteiger partial charge in [-0.15, -0.1) is 0 Å². The Kier molecular flexibility index (Phi) is 3.63. The highest BCUT2D eigenvalue weighted by molar-refractivity contribution is 9.13. The van der Waals surface area contributed by atoms with Gasteiger partial charge in [-0.1, -0.05) is 18.2 Å². The van der Waals surface area contributed by atoms with Crippen molar-refractivity contribution in [3.8, 4) is 0 Å². The highest BCUT2D eigenvalue weighted by atomic mass is 79.9. The molecule has 0 radical (unpaired) electrons. The highest BCUT2D eigenvalue weighted by Gasteiger charge is 2.13. The van der Waals surface area contributed by atoms with E-state index in [0.717, 1.165) is 25.5 Å². The smallest absolute Gasteiger partial charge is 0.257 e. The molecule has 0 aliphatic rings. The number of fused-ring (bicyclic) bond motifs is 1. The second kappa shape index (κ2) is 5.42. The molecule has 100 valence electrons. The number of aromatic amines is 1. The van der Waals surface area contributed by atoms with E-state index in [4.69, 9.17) is 0 Å². The summed E-state index contributed by atoms with van der Waals surface area (Å²) >= 11 is 6.91.